The van der Waals surface area contributed by atoms with Crippen molar-refractivity contribution < 1.29 is 40.5 Å². The molecule has 0 aromatic heterocycles. The minimum absolute atomic E-state index is 0.321. The zero-order valence-corrected chi connectivity index (χ0v) is 33.1. The predicted molar refractivity (Wildman–Crippen MR) is 197 cm³/mol. The first-order valence-electron chi connectivity index (χ1n) is 20.7. The van der Waals surface area contributed by atoms with Gasteiger partial charge in [0.2, 0.25) is 0 Å². The van der Waals surface area contributed by atoms with Gasteiger partial charge in [0, 0.05) is 0 Å². The monoisotopic (exact) mass is 722 g/mol. The van der Waals surface area contributed by atoms with Gasteiger partial charge in [-0.1, -0.05) is 55.4 Å². The van der Waals surface area contributed by atoms with Gasteiger partial charge < -0.3 is 46.2 Å². The van der Waals surface area contributed by atoms with Crippen LogP contribution in [0.1, 0.15) is 132 Å². The summed E-state index contributed by atoms with van der Waals surface area (Å²) in [7, 11) is 0. The van der Waals surface area contributed by atoms with Crippen molar-refractivity contribution in [2.75, 3.05) is 13.2 Å². The third-order valence-electron chi connectivity index (χ3n) is 18.1. The van der Waals surface area contributed by atoms with Crippen molar-refractivity contribution in [3.63, 3.8) is 0 Å². The molecule has 6 aliphatic rings. The lowest BCUT2D eigenvalue weighted by atomic mass is 9.31. The average molecular weight is 722 g/mol. The molecule has 9 N–H and O–H groups in total. The van der Waals surface area contributed by atoms with Crippen LogP contribution in [0, 0.1) is 68.5 Å². The maximum atomic E-state index is 11.0. The molecule has 9 nitrogen and oxygen atoms in total. The Morgan fingerprint density at radius 3 is 2.00 bits per heavy atom. The van der Waals surface area contributed by atoms with Crippen LogP contribution in [0.3, 0.4) is 0 Å². The molecule has 0 spiro atoms. The van der Waals surface area contributed by atoms with Crippen LogP contribution in [0.2, 0.25) is 0 Å². The van der Waals surface area contributed by atoms with E-state index < -0.39 is 61.5 Å². The number of nitrogens with two attached hydrogens (primary N) is 1. The molecule has 0 bridgehead atoms. The van der Waals surface area contributed by atoms with E-state index in [1.54, 1.807) is 0 Å². The Balaban J connectivity index is 1.07. The third-order valence-corrected chi connectivity index (χ3v) is 18.1. The van der Waals surface area contributed by atoms with Crippen molar-refractivity contribution in [2.45, 2.75) is 181 Å². The summed E-state index contributed by atoms with van der Waals surface area (Å²) in [6.07, 6.45) is 5.65. The maximum Gasteiger partial charge on any atom is 0.144 e. The topological polar surface area (TPSA) is 177 Å². The van der Waals surface area contributed by atoms with E-state index in [1.165, 1.54) is 64.2 Å². The Hall–Kier alpha value is -0.360. The second-order valence-electron chi connectivity index (χ2n) is 21.1. The molecule has 0 aromatic carbocycles. The zero-order valence-electron chi connectivity index (χ0n) is 33.1. The van der Waals surface area contributed by atoms with E-state index in [-0.39, 0.29) is 0 Å². The van der Waals surface area contributed by atoms with Gasteiger partial charge in [0.1, 0.15) is 36.1 Å². The molecule has 19 atom stereocenters. The molecule has 0 aromatic rings. The van der Waals surface area contributed by atoms with Gasteiger partial charge >= 0.3 is 0 Å². The highest BCUT2D eigenvalue weighted by Crippen LogP contribution is 2.78. The van der Waals surface area contributed by atoms with Crippen LogP contribution >= 0.6 is 0 Å². The van der Waals surface area contributed by atoms with Gasteiger partial charge in [-0.3, -0.25) is 0 Å². The molecule has 0 aliphatic heterocycles. The Morgan fingerprint density at radius 1 is 0.765 bits per heavy atom. The highest BCUT2D eigenvalue weighted by atomic mass is 16.5. The molecule has 6 aliphatic carbocycles. The van der Waals surface area contributed by atoms with Crippen molar-refractivity contribution in [1.82, 2.24) is 0 Å². The van der Waals surface area contributed by atoms with Crippen molar-refractivity contribution in [1.29, 1.82) is 0 Å². The molecule has 0 saturated heterocycles. The van der Waals surface area contributed by atoms with Crippen molar-refractivity contribution in [3.8, 4) is 0 Å². The van der Waals surface area contributed by atoms with Gasteiger partial charge in [-0.05, 0) is 146 Å². The number of aliphatic hydroxyl groups excluding tert-OH is 6. The Labute approximate surface area is 308 Å². The molecule has 0 amide bonds. The van der Waals surface area contributed by atoms with Gasteiger partial charge in [-0.2, -0.15) is 0 Å². The Bertz CT molecular complexity index is 1250. The minimum atomic E-state index is -2.20. The molecule has 0 radical (unpaired) electrons. The molecule has 6 fully saturated rings. The fourth-order valence-electron chi connectivity index (χ4n) is 15.7. The quantitative estimate of drug-likeness (QED) is 0.163. The summed E-state index contributed by atoms with van der Waals surface area (Å²) >= 11 is 0. The first kappa shape index (κ1) is 40.3. The molecular weight excluding hydrogens is 646 g/mol. The van der Waals surface area contributed by atoms with Crippen molar-refractivity contribution in [2.24, 2.45) is 74.2 Å². The predicted octanol–water partition coefficient (Wildman–Crippen LogP) is 4.39. The van der Waals surface area contributed by atoms with E-state index >= 15 is 0 Å². The molecule has 6 saturated carbocycles. The molecule has 9 heteroatoms. The van der Waals surface area contributed by atoms with Crippen LogP contribution in [0.4, 0.5) is 0 Å². The van der Waals surface area contributed by atoms with Gasteiger partial charge in [0.05, 0.1) is 25.4 Å². The number of hydrogen-bond acceptors (Lipinski definition) is 9. The summed E-state index contributed by atoms with van der Waals surface area (Å²) in [5.41, 5.74) is 5.59. The Morgan fingerprint density at radius 2 is 1.37 bits per heavy atom. The first-order chi connectivity index (χ1) is 23.6. The molecule has 0 heterocycles. The third kappa shape index (κ3) is 6.03. The number of aliphatic hydroxyl groups is 7. The van der Waals surface area contributed by atoms with Gasteiger partial charge in [0.25, 0.3) is 0 Å². The van der Waals surface area contributed by atoms with E-state index in [1.807, 2.05) is 0 Å². The van der Waals surface area contributed by atoms with Crippen LogP contribution in [0.25, 0.3) is 0 Å². The lowest BCUT2D eigenvalue weighted by molar-refractivity contribution is -0.245. The standard InChI is InChI=1S/C42H75NO8/c1-23-19-37(3,4)29-15-18-41(8)31(39(29,6)20-23)12-11-30-38(5)16-13-25(26(38)14-17-40(30,41)7)24(2)9-10-27(45)33(47)28(46)21-51-36-32(43)34(48)35(49)42(36,50)22-44/h23-36,44-50H,9-22,43H2,1-8H3. The summed E-state index contributed by atoms with van der Waals surface area (Å²) in [6, 6.07) is -1.20. The fourth-order valence-corrected chi connectivity index (χ4v) is 15.7. The van der Waals surface area contributed by atoms with Crippen LogP contribution in [-0.2, 0) is 4.74 Å². The highest BCUT2D eigenvalue weighted by molar-refractivity contribution is 5.19. The Kier molecular flexibility index (Phi) is 10.8. The second-order valence-corrected chi connectivity index (χ2v) is 21.1. The number of rotatable bonds is 10. The van der Waals surface area contributed by atoms with Crippen LogP contribution in [0.5, 0.6) is 0 Å². The van der Waals surface area contributed by atoms with E-state index in [2.05, 4.69) is 55.4 Å². The fraction of sp³-hybridized carbons (Fsp3) is 1.00. The highest BCUT2D eigenvalue weighted by Gasteiger charge is 2.70. The number of ether oxygens (including phenoxy) is 1. The average Bonchev–Trinajstić information content (AvgIpc) is 3.48. The molecule has 19 unspecified atom stereocenters. The van der Waals surface area contributed by atoms with Crippen LogP contribution < -0.4 is 5.73 Å². The normalized spacial score (nSPS) is 52.9. The van der Waals surface area contributed by atoms with Crippen molar-refractivity contribution in [3.05, 3.63) is 0 Å². The smallest absolute Gasteiger partial charge is 0.144 e. The van der Waals surface area contributed by atoms with E-state index in [4.69, 9.17) is 10.5 Å². The molecule has 296 valence electrons. The summed E-state index contributed by atoms with van der Waals surface area (Å²) in [4.78, 5) is 0. The molecule has 51 heavy (non-hydrogen) atoms. The molecular formula is C42H75NO8. The summed E-state index contributed by atoms with van der Waals surface area (Å²) in [6.45, 7) is 19.3. The molecule has 6 rings (SSSR count). The summed E-state index contributed by atoms with van der Waals surface area (Å²) in [5, 5.41) is 73.0. The van der Waals surface area contributed by atoms with E-state index in [9.17, 15) is 35.7 Å². The minimum Gasteiger partial charge on any atom is -0.393 e. The number of fused-ring (bicyclic) bond motifs is 7. The van der Waals surface area contributed by atoms with Gasteiger partial charge in [0.15, 0.2) is 0 Å². The summed E-state index contributed by atoms with van der Waals surface area (Å²) < 4.78 is 5.53. The SMILES string of the molecule is CC1CC(C)(C)C2CCC3(C)C(CCC4C5(C)CCC(C(C)CCC(O)C(O)C(O)COC6C(N)C(O)C(O)C6(O)CO)C5CCC43C)C2(C)C1. The van der Waals surface area contributed by atoms with Crippen LogP contribution in [0.15, 0.2) is 0 Å². The summed E-state index contributed by atoms with van der Waals surface area (Å²) in [5.74, 6) is 4.77. The second kappa shape index (κ2) is 13.7. The lowest BCUT2D eigenvalue weighted by Crippen LogP contribution is -2.66. The largest absolute Gasteiger partial charge is 0.393 e. The zero-order chi connectivity index (χ0) is 37.7. The number of hydrogen-bond donors (Lipinski definition) is 8. The first-order valence-corrected chi connectivity index (χ1v) is 20.7. The van der Waals surface area contributed by atoms with Gasteiger partial charge in [-0.25, -0.2) is 0 Å². The van der Waals surface area contributed by atoms with E-state index in [0.29, 0.717) is 51.2 Å². The van der Waals surface area contributed by atoms with Crippen molar-refractivity contribution >= 4 is 0 Å². The van der Waals surface area contributed by atoms with Gasteiger partial charge in [-0.15, -0.1) is 0 Å². The lowest BCUT2D eigenvalue weighted by Gasteiger charge is -2.73. The maximum absolute atomic E-state index is 11.0. The van der Waals surface area contributed by atoms with Crippen LogP contribution in [-0.4, -0.2) is 97.2 Å². The van der Waals surface area contributed by atoms with E-state index in [0.717, 1.165) is 30.1 Å².